The van der Waals surface area contributed by atoms with Crippen molar-refractivity contribution < 1.29 is 4.79 Å². The number of aromatic nitrogens is 1. The van der Waals surface area contributed by atoms with Crippen LogP contribution in [0.5, 0.6) is 0 Å². The first-order valence-corrected chi connectivity index (χ1v) is 6.03. The number of pyridine rings is 1. The Morgan fingerprint density at radius 2 is 2.17 bits per heavy atom. The molecule has 1 aromatic carbocycles. The standard InChI is InChI=1S/C14H17N3O/c1-15-14(18)5-7-16-9-11-2-3-13-10-17-6-4-12(13)8-11/h2-4,6,8,10,16H,5,7,9H2,1H3,(H,15,18). The highest BCUT2D eigenvalue weighted by Gasteiger charge is 1.98. The van der Waals surface area contributed by atoms with Crippen LogP contribution in [0.4, 0.5) is 0 Å². The molecule has 1 amide bonds. The van der Waals surface area contributed by atoms with Crippen LogP contribution in [-0.4, -0.2) is 24.5 Å². The minimum atomic E-state index is 0.0621. The predicted octanol–water partition coefficient (Wildman–Crippen LogP) is 1.46. The van der Waals surface area contributed by atoms with Crippen LogP contribution < -0.4 is 10.6 Å². The lowest BCUT2D eigenvalue weighted by Gasteiger charge is -2.05. The van der Waals surface area contributed by atoms with Gasteiger partial charge < -0.3 is 10.6 Å². The molecule has 0 unspecified atom stereocenters. The van der Waals surface area contributed by atoms with E-state index in [9.17, 15) is 4.79 Å². The fourth-order valence-corrected chi connectivity index (χ4v) is 1.80. The number of benzene rings is 1. The van der Waals surface area contributed by atoms with Crippen molar-refractivity contribution in [2.75, 3.05) is 13.6 Å². The third-order valence-electron chi connectivity index (χ3n) is 2.84. The lowest BCUT2D eigenvalue weighted by atomic mass is 10.1. The van der Waals surface area contributed by atoms with Crippen molar-refractivity contribution in [1.29, 1.82) is 0 Å². The molecular formula is C14H17N3O. The molecule has 2 aromatic rings. The quantitative estimate of drug-likeness (QED) is 0.782. The molecule has 0 aliphatic rings. The molecule has 0 aliphatic carbocycles. The van der Waals surface area contributed by atoms with Gasteiger partial charge in [-0.25, -0.2) is 0 Å². The number of nitrogens with one attached hydrogen (secondary N) is 2. The van der Waals surface area contributed by atoms with Gasteiger partial charge in [-0.3, -0.25) is 9.78 Å². The van der Waals surface area contributed by atoms with E-state index in [0.717, 1.165) is 11.9 Å². The molecule has 0 spiro atoms. The maximum absolute atomic E-state index is 11.0. The Morgan fingerprint density at radius 3 is 3.00 bits per heavy atom. The van der Waals surface area contributed by atoms with Gasteiger partial charge in [0.05, 0.1) is 0 Å². The van der Waals surface area contributed by atoms with Gasteiger partial charge >= 0.3 is 0 Å². The summed E-state index contributed by atoms with van der Waals surface area (Å²) in [6, 6.07) is 8.29. The van der Waals surface area contributed by atoms with Gasteiger partial charge in [-0.2, -0.15) is 0 Å². The summed E-state index contributed by atoms with van der Waals surface area (Å²) in [6.45, 7) is 1.46. The second kappa shape index (κ2) is 6.12. The minimum Gasteiger partial charge on any atom is -0.359 e. The van der Waals surface area contributed by atoms with Crippen LogP contribution in [0.15, 0.2) is 36.7 Å². The number of nitrogens with zero attached hydrogens (tertiary/aromatic N) is 1. The van der Waals surface area contributed by atoms with E-state index in [2.05, 4.69) is 33.8 Å². The second-order valence-corrected chi connectivity index (χ2v) is 4.16. The Bertz CT molecular complexity index is 539. The summed E-state index contributed by atoms with van der Waals surface area (Å²) < 4.78 is 0. The zero-order chi connectivity index (χ0) is 12.8. The van der Waals surface area contributed by atoms with Gasteiger partial charge in [-0.1, -0.05) is 12.1 Å². The number of amides is 1. The molecule has 0 saturated heterocycles. The molecule has 18 heavy (non-hydrogen) atoms. The zero-order valence-corrected chi connectivity index (χ0v) is 10.4. The van der Waals surface area contributed by atoms with E-state index in [0.29, 0.717) is 13.0 Å². The topological polar surface area (TPSA) is 54.0 Å². The molecule has 0 aliphatic heterocycles. The summed E-state index contributed by atoms with van der Waals surface area (Å²) in [4.78, 5) is 15.1. The van der Waals surface area contributed by atoms with Crippen LogP contribution in [0.2, 0.25) is 0 Å². The van der Waals surface area contributed by atoms with Crippen LogP contribution in [-0.2, 0) is 11.3 Å². The smallest absolute Gasteiger partial charge is 0.221 e. The Hall–Kier alpha value is -1.94. The monoisotopic (exact) mass is 243 g/mol. The van der Waals surface area contributed by atoms with E-state index in [4.69, 9.17) is 0 Å². The third kappa shape index (κ3) is 3.28. The molecule has 2 rings (SSSR count). The number of hydrogen-bond donors (Lipinski definition) is 2. The summed E-state index contributed by atoms with van der Waals surface area (Å²) in [7, 11) is 1.65. The van der Waals surface area contributed by atoms with Crippen molar-refractivity contribution in [2.45, 2.75) is 13.0 Å². The van der Waals surface area contributed by atoms with Crippen molar-refractivity contribution in [3.8, 4) is 0 Å². The number of rotatable bonds is 5. The average molecular weight is 243 g/mol. The minimum absolute atomic E-state index is 0.0621. The number of carbonyl (C=O) groups is 1. The fraction of sp³-hybridized carbons (Fsp3) is 0.286. The van der Waals surface area contributed by atoms with Gasteiger partial charge in [0.25, 0.3) is 0 Å². The van der Waals surface area contributed by atoms with Crippen molar-refractivity contribution >= 4 is 16.7 Å². The number of hydrogen-bond acceptors (Lipinski definition) is 3. The Labute approximate surface area is 106 Å². The van der Waals surface area contributed by atoms with Gasteiger partial charge in [-0.15, -0.1) is 0 Å². The Morgan fingerprint density at radius 1 is 1.28 bits per heavy atom. The van der Waals surface area contributed by atoms with Gasteiger partial charge in [0.2, 0.25) is 5.91 Å². The highest BCUT2D eigenvalue weighted by atomic mass is 16.1. The highest BCUT2D eigenvalue weighted by molar-refractivity contribution is 5.82. The molecular weight excluding hydrogens is 226 g/mol. The van der Waals surface area contributed by atoms with E-state index in [1.54, 1.807) is 13.2 Å². The highest BCUT2D eigenvalue weighted by Crippen LogP contribution is 2.14. The normalized spacial score (nSPS) is 10.5. The summed E-state index contributed by atoms with van der Waals surface area (Å²) in [5.74, 6) is 0.0621. The summed E-state index contributed by atoms with van der Waals surface area (Å²) in [5, 5.41) is 8.19. The van der Waals surface area contributed by atoms with Crippen LogP contribution in [0.25, 0.3) is 10.8 Å². The fourth-order valence-electron chi connectivity index (χ4n) is 1.80. The predicted molar refractivity (Wildman–Crippen MR) is 72.1 cm³/mol. The van der Waals surface area contributed by atoms with Crippen LogP contribution >= 0.6 is 0 Å². The second-order valence-electron chi connectivity index (χ2n) is 4.16. The summed E-state index contributed by atoms with van der Waals surface area (Å²) >= 11 is 0. The van der Waals surface area contributed by atoms with Gasteiger partial charge in [0.1, 0.15) is 0 Å². The van der Waals surface area contributed by atoms with Gasteiger partial charge in [0.15, 0.2) is 0 Å². The molecule has 0 saturated carbocycles. The van der Waals surface area contributed by atoms with E-state index in [-0.39, 0.29) is 5.91 Å². The maximum Gasteiger partial charge on any atom is 0.221 e. The first-order chi connectivity index (χ1) is 8.79. The number of carbonyl (C=O) groups excluding carboxylic acids is 1. The molecule has 94 valence electrons. The van der Waals surface area contributed by atoms with E-state index < -0.39 is 0 Å². The third-order valence-corrected chi connectivity index (χ3v) is 2.84. The van der Waals surface area contributed by atoms with Crippen LogP contribution in [0.3, 0.4) is 0 Å². The van der Waals surface area contributed by atoms with Crippen molar-refractivity contribution in [2.24, 2.45) is 0 Å². The molecule has 0 atom stereocenters. The molecule has 4 nitrogen and oxygen atoms in total. The first kappa shape index (κ1) is 12.5. The SMILES string of the molecule is CNC(=O)CCNCc1ccc2cnccc2c1. The van der Waals surface area contributed by atoms with Gasteiger partial charge in [0, 0.05) is 44.3 Å². The number of fused-ring (bicyclic) bond motifs is 1. The largest absolute Gasteiger partial charge is 0.359 e. The van der Waals surface area contributed by atoms with E-state index in [1.165, 1.54) is 10.9 Å². The van der Waals surface area contributed by atoms with E-state index >= 15 is 0 Å². The molecule has 1 heterocycles. The van der Waals surface area contributed by atoms with Crippen molar-refractivity contribution in [1.82, 2.24) is 15.6 Å². The first-order valence-electron chi connectivity index (χ1n) is 6.03. The molecule has 0 radical (unpaired) electrons. The van der Waals surface area contributed by atoms with Crippen molar-refractivity contribution in [3.63, 3.8) is 0 Å². The summed E-state index contributed by atoms with van der Waals surface area (Å²) in [5.41, 5.74) is 1.21. The van der Waals surface area contributed by atoms with Crippen LogP contribution in [0, 0.1) is 0 Å². The van der Waals surface area contributed by atoms with E-state index in [1.807, 2.05) is 12.3 Å². The lowest BCUT2D eigenvalue weighted by molar-refractivity contribution is -0.120. The molecule has 0 fully saturated rings. The molecule has 2 N–H and O–H groups in total. The summed E-state index contributed by atoms with van der Waals surface area (Å²) in [6.07, 6.45) is 4.16. The van der Waals surface area contributed by atoms with Crippen molar-refractivity contribution in [3.05, 3.63) is 42.2 Å². The molecule has 0 bridgehead atoms. The maximum atomic E-state index is 11.0. The average Bonchev–Trinajstić information content (AvgIpc) is 2.43. The molecule has 4 heteroatoms. The zero-order valence-electron chi connectivity index (χ0n) is 10.4. The Kier molecular flexibility index (Phi) is 4.25. The molecule has 1 aromatic heterocycles. The van der Waals surface area contributed by atoms with Gasteiger partial charge in [-0.05, 0) is 23.1 Å². The lowest BCUT2D eigenvalue weighted by Crippen LogP contribution is -2.24. The Balaban J connectivity index is 1.90. The van der Waals surface area contributed by atoms with Crippen LogP contribution in [0.1, 0.15) is 12.0 Å².